The maximum Gasteiger partial charge on any atom is 0.326 e. The van der Waals surface area contributed by atoms with Crippen molar-refractivity contribution in [2.24, 2.45) is 0 Å². The number of nitrogens with one attached hydrogen (secondary N) is 1. The summed E-state index contributed by atoms with van der Waals surface area (Å²) in [6.45, 7) is 1.31. The Bertz CT molecular complexity index is 389. The lowest BCUT2D eigenvalue weighted by Gasteiger charge is -2.13. The SMILES string of the molecule is CC(=O)NC(Cc1ccc(I)cc1)C(=O)O. The van der Waals surface area contributed by atoms with E-state index in [1.807, 2.05) is 24.3 Å². The van der Waals surface area contributed by atoms with Crippen molar-refractivity contribution in [3.8, 4) is 0 Å². The lowest BCUT2D eigenvalue weighted by molar-refractivity contribution is -0.141. The molecule has 0 aliphatic carbocycles. The molecule has 16 heavy (non-hydrogen) atoms. The molecule has 0 aliphatic heterocycles. The smallest absolute Gasteiger partial charge is 0.326 e. The third-order valence-corrected chi connectivity index (χ3v) is 2.75. The fraction of sp³-hybridized carbons (Fsp3) is 0.273. The average molecular weight is 333 g/mol. The lowest BCUT2D eigenvalue weighted by Crippen LogP contribution is -2.41. The lowest BCUT2D eigenvalue weighted by atomic mass is 10.1. The summed E-state index contributed by atoms with van der Waals surface area (Å²) in [7, 11) is 0. The van der Waals surface area contributed by atoms with Crippen molar-refractivity contribution >= 4 is 34.5 Å². The Morgan fingerprint density at radius 3 is 2.38 bits per heavy atom. The summed E-state index contributed by atoms with van der Waals surface area (Å²) < 4.78 is 1.09. The predicted octanol–water partition coefficient (Wildman–Crippen LogP) is 1.42. The summed E-state index contributed by atoms with van der Waals surface area (Å²) in [4.78, 5) is 21.7. The van der Waals surface area contributed by atoms with E-state index >= 15 is 0 Å². The molecule has 0 saturated carbocycles. The number of benzene rings is 1. The maximum atomic E-state index is 10.9. The largest absolute Gasteiger partial charge is 0.480 e. The van der Waals surface area contributed by atoms with Gasteiger partial charge in [0.15, 0.2) is 0 Å². The first-order valence-electron chi connectivity index (χ1n) is 4.73. The van der Waals surface area contributed by atoms with Crippen LogP contribution in [0.1, 0.15) is 12.5 Å². The van der Waals surface area contributed by atoms with Crippen LogP contribution in [0.15, 0.2) is 24.3 Å². The Kier molecular flexibility index (Phi) is 4.72. The zero-order chi connectivity index (χ0) is 12.1. The molecule has 0 bridgehead atoms. The highest BCUT2D eigenvalue weighted by molar-refractivity contribution is 14.1. The molecular formula is C11H12INO3. The fourth-order valence-electron chi connectivity index (χ4n) is 1.30. The van der Waals surface area contributed by atoms with E-state index < -0.39 is 12.0 Å². The van der Waals surface area contributed by atoms with Crippen molar-refractivity contribution in [3.05, 3.63) is 33.4 Å². The number of aliphatic carboxylic acids is 1. The average Bonchev–Trinajstić information content (AvgIpc) is 2.19. The Morgan fingerprint density at radius 2 is 1.94 bits per heavy atom. The minimum atomic E-state index is -1.02. The number of carboxylic acids is 1. The highest BCUT2D eigenvalue weighted by Gasteiger charge is 2.18. The van der Waals surface area contributed by atoms with Crippen molar-refractivity contribution in [1.29, 1.82) is 0 Å². The molecule has 1 aromatic carbocycles. The second kappa shape index (κ2) is 5.83. The topological polar surface area (TPSA) is 66.4 Å². The number of carboxylic acid groups (broad SMARTS) is 1. The first-order chi connectivity index (χ1) is 7.49. The normalized spacial score (nSPS) is 11.9. The zero-order valence-electron chi connectivity index (χ0n) is 8.74. The fourth-order valence-corrected chi connectivity index (χ4v) is 1.66. The van der Waals surface area contributed by atoms with Crippen molar-refractivity contribution in [2.75, 3.05) is 0 Å². The molecule has 0 aliphatic rings. The Hall–Kier alpha value is -1.11. The van der Waals surface area contributed by atoms with Gasteiger partial charge in [0, 0.05) is 16.9 Å². The first kappa shape index (κ1) is 13.0. The molecule has 1 rings (SSSR count). The molecular weight excluding hydrogens is 321 g/mol. The van der Waals surface area contributed by atoms with E-state index in [0.717, 1.165) is 9.13 Å². The molecule has 1 amide bonds. The van der Waals surface area contributed by atoms with Crippen LogP contribution in [0.3, 0.4) is 0 Å². The van der Waals surface area contributed by atoms with Crippen LogP contribution in [0.4, 0.5) is 0 Å². The number of carbonyl (C=O) groups excluding carboxylic acids is 1. The molecule has 0 heterocycles. The summed E-state index contributed by atoms with van der Waals surface area (Å²) in [5, 5.41) is 11.3. The van der Waals surface area contributed by atoms with E-state index in [9.17, 15) is 9.59 Å². The summed E-state index contributed by atoms with van der Waals surface area (Å²) in [6.07, 6.45) is 0.297. The van der Waals surface area contributed by atoms with Crippen LogP contribution < -0.4 is 5.32 Å². The number of halogens is 1. The molecule has 86 valence electrons. The van der Waals surface area contributed by atoms with Gasteiger partial charge in [-0.2, -0.15) is 0 Å². The minimum Gasteiger partial charge on any atom is -0.480 e. The number of rotatable bonds is 4. The molecule has 0 saturated heterocycles. The Morgan fingerprint density at radius 1 is 1.38 bits per heavy atom. The summed E-state index contributed by atoms with van der Waals surface area (Å²) in [6, 6.07) is 6.67. The zero-order valence-corrected chi connectivity index (χ0v) is 10.9. The van der Waals surface area contributed by atoms with Crippen LogP contribution in [0.5, 0.6) is 0 Å². The van der Waals surface area contributed by atoms with E-state index in [0.29, 0.717) is 6.42 Å². The second-order valence-electron chi connectivity index (χ2n) is 3.42. The van der Waals surface area contributed by atoms with Gasteiger partial charge in [0.2, 0.25) is 5.91 Å². The van der Waals surface area contributed by atoms with Crippen LogP contribution >= 0.6 is 22.6 Å². The number of hydrogen-bond donors (Lipinski definition) is 2. The predicted molar refractivity (Wildman–Crippen MR) is 68.1 cm³/mol. The van der Waals surface area contributed by atoms with E-state index in [1.54, 1.807) is 0 Å². The maximum absolute atomic E-state index is 10.9. The number of amides is 1. The molecule has 2 N–H and O–H groups in total. The van der Waals surface area contributed by atoms with Crippen LogP contribution in [-0.2, 0) is 16.0 Å². The molecule has 5 heteroatoms. The third kappa shape index (κ3) is 4.18. The van der Waals surface area contributed by atoms with Crippen molar-refractivity contribution in [2.45, 2.75) is 19.4 Å². The molecule has 1 unspecified atom stereocenters. The first-order valence-corrected chi connectivity index (χ1v) is 5.81. The third-order valence-electron chi connectivity index (χ3n) is 2.03. The van der Waals surface area contributed by atoms with Gasteiger partial charge in [-0.05, 0) is 40.3 Å². The van der Waals surface area contributed by atoms with Gasteiger partial charge in [0.1, 0.15) is 6.04 Å². The monoisotopic (exact) mass is 333 g/mol. The standard InChI is InChI=1S/C11H12INO3/c1-7(14)13-10(11(15)16)6-8-2-4-9(12)5-3-8/h2-5,10H,6H2,1H3,(H,13,14)(H,15,16). The molecule has 1 atom stereocenters. The Balaban J connectivity index is 2.71. The highest BCUT2D eigenvalue weighted by Crippen LogP contribution is 2.09. The molecule has 0 spiro atoms. The van der Waals surface area contributed by atoms with Crippen LogP contribution in [0.25, 0.3) is 0 Å². The van der Waals surface area contributed by atoms with Crippen LogP contribution in [0, 0.1) is 3.57 Å². The van der Waals surface area contributed by atoms with Gasteiger partial charge in [-0.25, -0.2) is 4.79 Å². The van der Waals surface area contributed by atoms with Crippen LogP contribution in [-0.4, -0.2) is 23.0 Å². The van der Waals surface area contributed by atoms with Gasteiger partial charge in [0.25, 0.3) is 0 Å². The van der Waals surface area contributed by atoms with Gasteiger partial charge in [-0.15, -0.1) is 0 Å². The second-order valence-corrected chi connectivity index (χ2v) is 4.67. The number of carbonyl (C=O) groups is 2. The minimum absolute atomic E-state index is 0.297. The molecule has 0 aromatic heterocycles. The van der Waals surface area contributed by atoms with Gasteiger partial charge in [-0.1, -0.05) is 12.1 Å². The molecule has 0 radical (unpaired) electrons. The summed E-state index contributed by atoms with van der Waals surface area (Å²) in [5.41, 5.74) is 0.890. The van der Waals surface area contributed by atoms with Crippen LogP contribution in [0.2, 0.25) is 0 Å². The Labute approximate surface area is 107 Å². The van der Waals surface area contributed by atoms with Gasteiger partial charge in [-0.3, -0.25) is 4.79 Å². The molecule has 1 aromatic rings. The van der Waals surface area contributed by atoms with E-state index in [4.69, 9.17) is 5.11 Å². The highest BCUT2D eigenvalue weighted by atomic mass is 127. The quantitative estimate of drug-likeness (QED) is 0.819. The van der Waals surface area contributed by atoms with Gasteiger partial charge in [0.05, 0.1) is 0 Å². The van der Waals surface area contributed by atoms with Gasteiger partial charge < -0.3 is 10.4 Å². The summed E-state index contributed by atoms with van der Waals surface area (Å²) in [5.74, 6) is -1.35. The van der Waals surface area contributed by atoms with E-state index in [1.165, 1.54) is 6.92 Å². The molecule has 0 fully saturated rings. The van der Waals surface area contributed by atoms with Crippen molar-refractivity contribution in [1.82, 2.24) is 5.32 Å². The van der Waals surface area contributed by atoms with Crippen molar-refractivity contribution < 1.29 is 14.7 Å². The van der Waals surface area contributed by atoms with Gasteiger partial charge >= 0.3 is 5.97 Å². The molecule has 4 nitrogen and oxygen atoms in total. The van der Waals surface area contributed by atoms with E-state index in [2.05, 4.69) is 27.9 Å². The number of hydrogen-bond acceptors (Lipinski definition) is 2. The van der Waals surface area contributed by atoms with E-state index in [-0.39, 0.29) is 5.91 Å². The summed E-state index contributed by atoms with van der Waals surface area (Å²) >= 11 is 2.18. The van der Waals surface area contributed by atoms with Crippen molar-refractivity contribution in [3.63, 3.8) is 0 Å².